The van der Waals surface area contributed by atoms with Crippen LogP contribution in [0.2, 0.25) is 0 Å². The van der Waals surface area contributed by atoms with Crippen molar-refractivity contribution in [2.45, 2.75) is 13.5 Å². The third-order valence-electron chi connectivity index (χ3n) is 6.86. The van der Waals surface area contributed by atoms with Gasteiger partial charge in [-0.1, -0.05) is 36.4 Å². The Kier molecular flexibility index (Phi) is 5.45. The number of rotatable bonds is 3. The molecular formula is C28H27N5O2. The lowest BCUT2D eigenvalue weighted by Gasteiger charge is -2.35. The molecule has 0 saturated carbocycles. The molecule has 1 amide bonds. The summed E-state index contributed by atoms with van der Waals surface area (Å²) in [5, 5.41) is 2.41. The molecule has 0 bridgehead atoms. The Morgan fingerprint density at radius 2 is 1.74 bits per heavy atom. The van der Waals surface area contributed by atoms with E-state index in [1.165, 1.54) is 16.3 Å². The van der Waals surface area contributed by atoms with E-state index < -0.39 is 0 Å². The van der Waals surface area contributed by atoms with Crippen molar-refractivity contribution < 1.29 is 9.53 Å². The molecule has 3 aromatic carbocycles. The van der Waals surface area contributed by atoms with Crippen LogP contribution in [0.1, 0.15) is 21.6 Å². The second-order valence-electron chi connectivity index (χ2n) is 9.08. The predicted molar refractivity (Wildman–Crippen MR) is 137 cm³/mol. The molecule has 1 fully saturated rings. The summed E-state index contributed by atoms with van der Waals surface area (Å²) in [5.41, 5.74) is 3.83. The first-order valence-corrected chi connectivity index (χ1v) is 12.0. The minimum absolute atomic E-state index is 0.0640. The van der Waals surface area contributed by atoms with Gasteiger partial charge in [-0.05, 0) is 42.0 Å². The van der Waals surface area contributed by atoms with Crippen LogP contribution >= 0.6 is 0 Å². The Bertz CT molecular complexity index is 1400. The SMILES string of the molecule is Cc1cc(N2CCN(C(=O)c3cccc(N4COc5ccc6ccccc6c5C4)c3)CC2)ncn1. The number of hydrogen-bond acceptors (Lipinski definition) is 6. The van der Waals surface area contributed by atoms with Crippen LogP contribution < -0.4 is 14.5 Å². The second-order valence-corrected chi connectivity index (χ2v) is 9.08. The lowest BCUT2D eigenvalue weighted by Crippen LogP contribution is -2.49. The molecule has 7 heteroatoms. The molecule has 0 radical (unpaired) electrons. The van der Waals surface area contributed by atoms with Gasteiger partial charge in [0, 0.05) is 54.8 Å². The van der Waals surface area contributed by atoms with Gasteiger partial charge < -0.3 is 19.4 Å². The van der Waals surface area contributed by atoms with Gasteiger partial charge in [0.1, 0.15) is 17.9 Å². The summed E-state index contributed by atoms with van der Waals surface area (Å²) in [6, 6.07) is 22.4. The number of aryl methyl sites for hydroxylation is 1. The van der Waals surface area contributed by atoms with Gasteiger partial charge in [-0.15, -0.1) is 0 Å². The van der Waals surface area contributed by atoms with Gasteiger partial charge in [0.15, 0.2) is 6.73 Å². The van der Waals surface area contributed by atoms with Gasteiger partial charge in [-0.3, -0.25) is 4.79 Å². The minimum atomic E-state index is 0.0640. The van der Waals surface area contributed by atoms with Crippen molar-refractivity contribution in [1.82, 2.24) is 14.9 Å². The molecule has 3 heterocycles. The normalized spacial score (nSPS) is 15.6. The molecule has 2 aliphatic heterocycles. The fourth-order valence-electron chi connectivity index (χ4n) is 4.93. The van der Waals surface area contributed by atoms with Gasteiger partial charge in [0.05, 0.1) is 6.54 Å². The molecule has 35 heavy (non-hydrogen) atoms. The van der Waals surface area contributed by atoms with Crippen molar-refractivity contribution >= 4 is 28.2 Å². The predicted octanol–water partition coefficient (Wildman–Crippen LogP) is 4.26. The van der Waals surface area contributed by atoms with Crippen LogP contribution in [0.25, 0.3) is 10.8 Å². The Hall–Kier alpha value is -4.13. The van der Waals surface area contributed by atoms with E-state index in [-0.39, 0.29) is 5.91 Å². The number of amides is 1. The standard InChI is InChI=1S/C28H27N5O2/c1-20-15-27(30-18-29-20)31-11-13-32(14-12-31)28(34)22-6-4-7-23(16-22)33-17-25-24-8-3-2-5-21(24)9-10-26(25)35-19-33/h2-10,15-16,18H,11-14,17,19H2,1H3. The maximum Gasteiger partial charge on any atom is 0.254 e. The molecule has 0 atom stereocenters. The Balaban J connectivity index is 1.17. The average Bonchev–Trinajstić information content (AvgIpc) is 2.92. The number of carbonyl (C=O) groups is 1. The number of nitrogens with zero attached hydrogens (tertiary/aromatic N) is 5. The third kappa shape index (κ3) is 4.14. The van der Waals surface area contributed by atoms with E-state index in [0.717, 1.165) is 42.6 Å². The number of aromatic nitrogens is 2. The van der Waals surface area contributed by atoms with E-state index in [9.17, 15) is 4.79 Å². The zero-order chi connectivity index (χ0) is 23.8. The molecule has 2 aliphatic rings. The molecule has 0 N–H and O–H groups in total. The quantitative estimate of drug-likeness (QED) is 0.451. The minimum Gasteiger partial charge on any atom is -0.473 e. The highest BCUT2D eigenvalue weighted by Crippen LogP contribution is 2.34. The summed E-state index contributed by atoms with van der Waals surface area (Å²) in [7, 11) is 0. The fraction of sp³-hybridized carbons (Fsp3) is 0.250. The number of hydrogen-bond donors (Lipinski definition) is 0. The van der Waals surface area contributed by atoms with E-state index >= 15 is 0 Å². The fourth-order valence-corrected chi connectivity index (χ4v) is 4.93. The maximum atomic E-state index is 13.3. The third-order valence-corrected chi connectivity index (χ3v) is 6.86. The van der Waals surface area contributed by atoms with Gasteiger partial charge in [-0.2, -0.15) is 0 Å². The number of piperazine rings is 1. The number of carbonyl (C=O) groups excluding carboxylic acids is 1. The number of anilines is 2. The molecule has 0 spiro atoms. The Morgan fingerprint density at radius 1 is 0.886 bits per heavy atom. The highest BCUT2D eigenvalue weighted by atomic mass is 16.5. The van der Waals surface area contributed by atoms with E-state index in [4.69, 9.17) is 4.74 Å². The topological polar surface area (TPSA) is 61.8 Å². The zero-order valence-electron chi connectivity index (χ0n) is 19.7. The maximum absolute atomic E-state index is 13.3. The zero-order valence-corrected chi connectivity index (χ0v) is 19.7. The molecule has 1 aromatic heterocycles. The first kappa shape index (κ1) is 21.4. The lowest BCUT2D eigenvalue weighted by atomic mass is 10.0. The molecule has 0 unspecified atom stereocenters. The van der Waals surface area contributed by atoms with E-state index in [1.807, 2.05) is 42.2 Å². The first-order valence-electron chi connectivity index (χ1n) is 12.0. The molecule has 6 rings (SSSR count). The van der Waals surface area contributed by atoms with Crippen molar-refractivity contribution in [1.29, 1.82) is 0 Å². The number of ether oxygens (including phenoxy) is 1. The monoisotopic (exact) mass is 465 g/mol. The lowest BCUT2D eigenvalue weighted by molar-refractivity contribution is 0.0746. The summed E-state index contributed by atoms with van der Waals surface area (Å²) < 4.78 is 6.09. The molecule has 1 saturated heterocycles. The van der Waals surface area contributed by atoms with Crippen LogP contribution in [0.5, 0.6) is 5.75 Å². The van der Waals surface area contributed by atoms with E-state index in [1.54, 1.807) is 6.33 Å². The number of benzene rings is 3. The van der Waals surface area contributed by atoms with Crippen molar-refractivity contribution in [2.24, 2.45) is 0 Å². The van der Waals surface area contributed by atoms with Crippen LogP contribution in [0.4, 0.5) is 11.5 Å². The van der Waals surface area contributed by atoms with Crippen molar-refractivity contribution in [3.63, 3.8) is 0 Å². The first-order chi connectivity index (χ1) is 17.2. The smallest absolute Gasteiger partial charge is 0.254 e. The van der Waals surface area contributed by atoms with Crippen LogP contribution in [0, 0.1) is 6.92 Å². The summed E-state index contributed by atoms with van der Waals surface area (Å²) in [4.78, 5) is 28.2. The summed E-state index contributed by atoms with van der Waals surface area (Å²) in [6.07, 6.45) is 1.60. The van der Waals surface area contributed by atoms with Crippen LogP contribution in [0.3, 0.4) is 0 Å². The van der Waals surface area contributed by atoms with Crippen LogP contribution in [-0.4, -0.2) is 53.7 Å². The highest BCUT2D eigenvalue weighted by molar-refractivity contribution is 5.95. The van der Waals surface area contributed by atoms with Gasteiger partial charge >= 0.3 is 0 Å². The molecule has 176 valence electrons. The van der Waals surface area contributed by atoms with Crippen molar-refractivity contribution in [3.05, 3.63) is 89.9 Å². The Morgan fingerprint density at radius 3 is 2.60 bits per heavy atom. The summed E-state index contributed by atoms with van der Waals surface area (Å²) in [6.45, 7) is 6.01. The summed E-state index contributed by atoms with van der Waals surface area (Å²) >= 11 is 0. The molecule has 0 aliphatic carbocycles. The summed E-state index contributed by atoms with van der Waals surface area (Å²) in [5.74, 6) is 1.92. The molecule has 4 aromatic rings. The average molecular weight is 466 g/mol. The van der Waals surface area contributed by atoms with Crippen molar-refractivity contribution in [3.8, 4) is 5.75 Å². The number of fused-ring (bicyclic) bond motifs is 3. The van der Waals surface area contributed by atoms with Crippen molar-refractivity contribution in [2.75, 3.05) is 42.7 Å². The Labute approximate surface area is 204 Å². The van der Waals surface area contributed by atoms with E-state index in [0.29, 0.717) is 25.4 Å². The largest absolute Gasteiger partial charge is 0.473 e. The second kappa shape index (κ2) is 8.91. The van der Waals surface area contributed by atoms with Gasteiger partial charge in [-0.25, -0.2) is 9.97 Å². The van der Waals surface area contributed by atoms with Gasteiger partial charge in [0.2, 0.25) is 0 Å². The van der Waals surface area contributed by atoms with Crippen LogP contribution in [0.15, 0.2) is 73.1 Å². The molecular weight excluding hydrogens is 438 g/mol. The van der Waals surface area contributed by atoms with Gasteiger partial charge in [0.25, 0.3) is 5.91 Å². The highest BCUT2D eigenvalue weighted by Gasteiger charge is 2.25. The molecule has 7 nitrogen and oxygen atoms in total. The van der Waals surface area contributed by atoms with E-state index in [2.05, 4.69) is 56.2 Å². The van der Waals surface area contributed by atoms with Crippen LogP contribution in [-0.2, 0) is 6.54 Å².